The number of hydrogen-bond donors (Lipinski definition) is 0. The zero-order valence-electron chi connectivity index (χ0n) is 10.8. The van der Waals surface area contributed by atoms with Crippen LogP contribution in [0.4, 0.5) is 0 Å². The van der Waals surface area contributed by atoms with Crippen molar-refractivity contribution in [3.05, 3.63) is 42.0 Å². The van der Waals surface area contributed by atoms with E-state index in [0.29, 0.717) is 0 Å². The van der Waals surface area contributed by atoms with E-state index < -0.39 is 0 Å². The molecule has 3 heteroatoms. The lowest BCUT2D eigenvalue weighted by Crippen LogP contribution is -2.10. The highest BCUT2D eigenvalue weighted by molar-refractivity contribution is 5.86. The molecule has 94 valence electrons. The van der Waals surface area contributed by atoms with Crippen molar-refractivity contribution in [3.8, 4) is 5.75 Å². The molecule has 3 nitrogen and oxygen atoms in total. The molecule has 0 aliphatic rings. The Balaban J connectivity index is 2.42. The molecule has 0 amide bonds. The highest BCUT2D eigenvalue weighted by Crippen LogP contribution is 2.25. The molecule has 0 aliphatic carbocycles. The van der Waals surface area contributed by atoms with Crippen LogP contribution in [0.3, 0.4) is 0 Å². The quantitative estimate of drug-likeness (QED) is 0.778. The fourth-order valence-corrected chi connectivity index (χ4v) is 1.95. The smallest absolute Gasteiger partial charge is 0.312 e. The van der Waals surface area contributed by atoms with Gasteiger partial charge in [0, 0.05) is 0 Å². The van der Waals surface area contributed by atoms with Crippen LogP contribution in [0, 0.1) is 0 Å². The number of methoxy groups -OCH3 is 2. The SMILES string of the molecule is COC(=O)[C@@H](C)c1ccc2cc(OC)ccc2c1. The predicted molar refractivity (Wildman–Crippen MR) is 70.9 cm³/mol. The summed E-state index contributed by atoms with van der Waals surface area (Å²) < 4.78 is 9.94. The van der Waals surface area contributed by atoms with Crippen LogP contribution in [-0.4, -0.2) is 20.2 Å². The average molecular weight is 244 g/mol. The summed E-state index contributed by atoms with van der Waals surface area (Å²) in [4.78, 5) is 11.5. The Kier molecular flexibility index (Phi) is 3.51. The van der Waals surface area contributed by atoms with E-state index in [4.69, 9.17) is 9.47 Å². The maximum absolute atomic E-state index is 11.5. The van der Waals surface area contributed by atoms with E-state index in [-0.39, 0.29) is 11.9 Å². The van der Waals surface area contributed by atoms with E-state index in [1.165, 1.54) is 7.11 Å². The van der Waals surface area contributed by atoms with Crippen molar-refractivity contribution in [2.75, 3.05) is 14.2 Å². The maximum atomic E-state index is 11.5. The Morgan fingerprint density at radius 1 is 1.06 bits per heavy atom. The fraction of sp³-hybridized carbons (Fsp3) is 0.267. The van der Waals surface area contributed by atoms with Crippen molar-refractivity contribution in [1.82, 2.24) is 0 Å². The van der Waals surface area contributed by atoms with Gasteiger partial charge in [0.05, 0.1) is 20.1 Å². The van der Waals surface area contributed by atoms with Crippen molar-refractivity contribution in [1.29, 1.82) is 0 Å². The largest absolute Gasteiger partial charge is 0.497 e. The number of benzene rings is 2. The van der Waals surface area contributed by atoms with Gasteiger partial charge in [0.2, 0.25) is 0 Å². The number of hydrogen-bond acceptors (Lipinski definition) is 3. The lowest BCUT2D eigenvalue weighted by Gasteiger charge is -2.10. The van der Waals surface area contributed by atoms with Crippen LogP contribution in [0.25, 0.3) is 10.8 Å². The van der Waals surface area contributed by atoms with Gasteiger partial charge in [0.25, 0.3) is 0 Å². The van der Waals surface area contributed by atoms with Gasteiger partial charge >= 0.3 is 5.97 Å². The van der Waals surface area contributed by atoms with E-state index >= 15 is 0 Å². The van der Waals surface area contributed by atoms with Gasteiger partial charge in [0.15, 0.2) is 0 Å². The minimum absolute atomic E-state index is 0.220. The Morgan fingerprint density at radius 3 is 2.39 bits per heavy atom. The molecule has 0 saturated heterocycles. The molecular formula is C15H16O3. The summed E-state index contributed by atoms with van der Waals surface area (Å²) in [6.07, 6.45) is 0. The molecule has 0 heterocycles. The molecule has 0 radical (unpaired) electrons. The molecule has 0 spiro atoms. The second-order valence-corrected chi connectivity index (χ2v) is 4.22. The first-order valence-corrected chi connectivity index (χ1v) is 5.81. The average Bonchev–Trinajstić information content (AvgIpc) is 2.44. The van der Waals surface area contributed by atoms with E-state index in [2.05, 4.69) is 0 Å². The molecule has 1 atom stereocenters. The number of esters is 1. The lowest BCUT2D eigenvalue weighted by molar-refractivity contribution is -0.141. The number of fused-ring (bicyclic) bond motifs is 1. The Bertz CT molecular complexity index is 575. The zero-order chi connectivity index (χ0) is 13.1. The number of carbonyl (C=O) groups is 1. The Hall–Kier alpha value is -2.03. The van der Waals surface area contributed by atoms with Crippen LogP contribution in [0.5, 0.6) is 5.75 Å². The van der Waals surface area contributed by atoms with Crippen LogP contribution < -0.4 is 4.74 Å². The standard InChI is InChI=1S/C15H16O3/c1-10(15(16)18-3)11-4-5-13-9-14(17-2)7-6-12(13)8-11/h4-10H,1-3H3/t10-/m0/s1. The van der Waals surface area contributed by atoms with Gasteiger partial charge < -0.3 is 9.47 Å². The van der Waals surface area contributed by atoms with Crippen LogP contribution >= 0.6 is 0 Å². The normalized spacial score (nSPS) is 12.2. The lowest BCUT2D eigenvalue weighted by atomic mass is 9.98. The highest BCUT2D eigenvalue weighted by Gasteiger charge is 2.15. The topological polar surface area (TPSA) is 35.5 Å². The van der Waals surface area contributed by atoms with Crippen molar-refractivity contribution in [2.24, 2.45) is 0 Å². The zero-order valence-corrected chi connectivity index (χ0v) is 10.8. The van der Waals surface area contributed by atoms with Gasteiger partial charge in [-0.2, -0.15) is 0 Å². The second-order valence-electron chi connectivity index (χ2n) is 4.22. The second kappa shape index (κ2) is 5.08. The monoisotopic (exact) mass is 244 g/mol. The molecule has 0 unspecified atom stereocenters. The molecule has 0 aliphatic heterocycles. The Morgan fingerprint density at radius 2 is 1.72 bits per heavy atom. The van der Waals surface area contributed by atoms with Crippen LogP contribution in [-0.2, 0) is 9.53 Å². The summed E-state index contributed by atoms with van der Waals surface area (Å²) in [5.41, 5.74) is 0.958. The molecule has 0 aromatic heterocycles. The van der Waals surface area contributed by atoms with Gasteiger partial charge in [-0.3, -0.25) is 4.79 Å². The molecule has 0 N–H and O–H groups in total. The van der Waals surface area contributed by atoms with Crippen molar-refractivity contribution in [2.45, 2.75) is 12.8 Å². The molecule has 0 fully saturated rings. The molecule has 0 bridgehead atoms. The summed E-state index contributed by atoms with van der Waals surface area (Å²) >= 11 is 0. The molecule has 2 aromatic rings. The number of ether oxygens (including phenoxy) is 2. The summed E-state index contributed by atoms with van der Waals surface area (Å²) in [6, 6.07) is 11.8. The van der Waals surface area contributed by atoms with Crippen molar-refractivity contribution < 1.29 is 14.3 Å². The number of rotatable bonds is 3. The van der Waals surface area contributed by atoms with Gasteiger partial charge in [-0.05, 0) is 35.4 Å². The molecule has 0 saturated carbocycles. The van der Waals surface area contributed by atoms with Gasteiger partial charge in [-0.1, -0.05) is 24.3 Å². The molecular weight excluding hydrogens is 228 g/mol. The van der Waals surface area contributed by atoms with Crippen LogP contribution in [0.15, 0.2) is 36.4 Å². The minimum atomic E-state index is -0.249. The van der Waals surface area contributed by atoms with E-state index in [0.717, 1.165) is 22.1 Å². The van der Waals surface area contributed by atoms with Gasteiger partial charge in [0.1, 0.15) is 5.75 Å². The third-order valence-corrected chi connectivity index (χ3v) is 3.13. The maximum Gasteiger partial charge on any atom is 0.312 e. The first kappa shape index (κ1) is 12.4. The van der Waals surface area contributed by atoms with Crippen LogP contribution in [0.1, 0.15) is 18.4 Å². The van der Waals surface area contributed by atoms with Gasteiger partial charge in [-0.25, -0.2) is 0 Å². The van der Waals surface area contributed by atoms with Crippen LogP contribution in [0.2, 0.25) is 0 Å². The van der Waals surface area contributed by atoms with Crippen molar-refractivity contribution in [3.63, 3.8) is 0 Å². The molecule has 2 rings (SSSR count). The van der Waals surface area contributed by atoms with Gasteiger partial charge in [-0.15, -0.1) is 0 Å². The first-order chi connectivity index (χ1) is 8.65. The third kappa shape index (κ3) is 2.30. The van der Waals surface area contributed by atoms with E-state index in [1.54, 1.807) is 7.11 Å². The fourth-order valence-electron chi connectivity index (χ4n) is 1.95. The van der Waals surface area contributed by atoms with E-state index in [1.807, 2.05) is 43.3 Å². The predicted octanol–water partition coefficient (Wildman–Crippen LogP) is 3.12. The summed E-state index contributed by atoms with van der Waals surface area (Å²) in [7, 11) is 3.06. The minimum Gasteiger partial charge on any atom is -0.497 e. The third-order valence-electron chi connectivity index (χ3n) is 3.13. The summed E-state index contributed by atoms with van der Waals surface area (Å²) in [5.74, 6) is 0.362. The molecule has 18 heavy (non-hydrogen) atoms. The Labute approximate surface area is 106 Å². The van der Waals surface area contributed by atoms with Crippen molar-refractivity contribution >= 4 is 16.7 Å². The summed E-state index contributed by atoms with van der Waals surface area (Å²) in [6.45, 7) is 1.84. The first-order valence-electron chi connectivity index (χ1n) is 5.81. The highest BCUT2D eigenvalue weighted by atomic mass is 16.5. The summed E-state index contributed by atoms with van der Waals surface area (Å²) in [5, 5.41) is 2.18. The van der Waals surface area contributed by atoms with E-state index in [9.17, 15) is 4.79 Å². The number of carbonyl (C=O) groups excluding carboxylic acids is 1. The molecule has 2 aromatic carbocycles.